The van der Waals surface area contributed by atoms with Crippen LogP contribution in [0, 0.1) is 11.8 Å². The third-order valence-corrected chi connectivity index (χ3v) is 16.7. The van der Waals surface area contributed by atoms with Gasteiger partial charge in [-0.1, -0.05) is 50.6 Å². The van der Waals surface area contributed by atoms with Gasteiger partial charge in [-0.05, 0) is 110 Å². The Bertz CT molecular complexity index is 1680. The van der Waals surface area contributed by atoms with Gasteiger partial charge in [0.05, 0.1) is 11.8 Å². The van der Waals surface area contributed by atoms with Gasteiger partial charge >= 0.3 is 16.2 Å². The van der Waals surface area contributed by atoms with Gasteiger partial charge < -0.3 is 19.2 Å². The first-order valence-corrected chi connectivity index (χ1v) is 21.9. The Balaban J connectivity index is 1.57. The van der Waals surface area contributed by atoms with E-state index in [2.05, 4.69) is 49.6 Å². The van der Waals surface area contributed by atoms with Gasteiger partial charge in [-0.15, -0.1) is 0 Å². The number of rotatable bonds is 4. The summed E-state index contributed by atoms with van der Waals surface area (Å²) in [6.07, 6.45) is 8.79. The molecule has 1 saturated carbocycles. The highest BCUT2D eigenvalue weighted by Gasteiger charge is 2.44. The molecule has 2 aromatic rings. The summed E-state index contributed by atoms with van der Waals surface area (Å²) in [5, 5.41) is 10.2. The van der Waals surface area contributed by atoms with Crippen LogP contribution in [-0.4, -0.2) is 70.3 Å². The number of carboxylic acids is 1. The topological polar surface area (TPSA) is 125 Å². The number of anilines is 1. The van der Waals surface area contributed by atoms with Crippen LogP contribution in [-0.2, 0) is 32.5 Å². The van der Waals surface area contributed by atoms with E-state index < -0.39 is 36.9 Å². The summed E-state index contributed by atoms with van der Waals surface area (Å²) < 4.78 is 43.2. The fourth-order valence-electron chi connectivity index (χ4n) is 6.53. The van der Waals surface area contributed by atoms with Crippen LogP contribution in [0.2, 0.25) is 23.2 Å². The van der Waals surface area contributed by atoms with E-state index in [4.69, 9.17) is 20.8 Å². The molecule has 3 atom stereocenters. The van der Waals surface area contributed by atoms with Gasteiger partial charge in [0.15, 0.2) is 8.32 Å². The largest absolute Gasteiger partial charge is 0.487 e. The van der Waals surface area contributed by atoms with Gasteiger partial charge in [-0.2, -0.15) is 12.7 Å². The molecule has 5 rings (SSSR count). The molecule has 2 aromatic carbocycles. The number of nitrogens with one attached hydrogen (secondary N) is 1. The van der Waals surface area contributed by atoms with Crippen molar-refractivity contribution in [1.82, 2.24) is 9.03 Å². The first-order chi connectivity index (χ1) is 23.0. The van der Waals surface area contributed by atoms with Crippen LogP contribution < -0.4 is 14.4 Å². The zero-order valence-electron chi connectivity index (χ0n) is 29.2. The van der Waals surface area contributed by atoms with Crippen LogP contribution in [0.15, 0.2) is 48.6 Å². The normalized spacial score (nSPS) is 24.6. The van der Waals surface area contributed by atoms with E-state index >= 15 is 0 Å². The van der Waals surface area contributed by atoms with Crippen molar-refractivity contribution in [3.8, 4) is 5.75 Å². The van der Waals surface area contributed by atoms with E-state index in [1.54, 1.807) is 18.2 Å². The number of halogens is 1. The molecule has 2 N–H and O–H groups in total. The van der Waals surface area contributed by atoms with Gasteiger partial charge in [-0.25, -0.2) is 4.72 Å². The molecule has 1 unspecified atom stereocenters. The molecule has 3 aliphatic rings. The van der Waals surface area contributed by atoms with Crippen molar-refractivity contribution in [2.45, 2.75) is 90.1 Å². The molecular formula is C36H50ClN3O7SSi. The Morgan fingerprint density at radius 1 is 1.10 bits per heavy atom. The molecule has 1 fully saturated rings. The van der Waals surface area contributed by atoms with Crippen LogP contribution in [0.5, 0.6) is 5.75 Å². The smallest absolute Gasteiger partial charge is 0.318 e. The number of carboxylic acid groups (broad SMARTS) is 1. The maximum absolute atomic E-state index is 13.5. The number of fused-ring (bicyclic) bond motifs is 3. The molecule has 268 valence electrons. The molecule has 49 heavy (non-hydrogen) atoms. The molecule has 2 bridgehead atoms. The third-order valence-electron chi connectivity index (χ3n) is 10.6. The highest BCUT2D eigenvalue weighted by Crippen LogP contribution is 2.45. The van der Waals surface area contributed by atoms with Gasteiger partial charge in [-0.3, -0.25) is 9.59 Å². The summed E-state index contributed by atoms with van der Waals surface area (Å²) in [4.78, 5) is 27.5. The zero-order valence-corrected chi connectivity index (χ0v) is 31.8. The zero-order chi connectivity index (χ0) is 35.6. The first-order valence-electron chi connectivity index (χ1n) is 17.2. The lowest BCUT2D eigenvalue weighted by atomic mass is 9.70. The second-order valence-corrected chi connectivity index (χ2v) is 21.9. The number of nitrogens with zero attached hydrogens (tertiary/aromatic N) is 2. The van der Waals surface area contributed by atoms with Crippen LogP contribution in [0.4, 0.5) is 5.69 Å². The quantitative estimate of drug-likeness (QED) is 0.260. The van der Waals surface area contributed by atoms with Gasteiger partial charge in [0.2, 0.25) is 0 Å². The fraction of sp³-hybridized carbons (Fsp3) is 0.556. The minimum Gasteiger partial charge on any atom is -0.487 e. The Morgan fingerprint density at radius 2 is 1.88 bits per heavy atom. The maximum atomic E-state index is 13.5. The number of carbonyl (C=O) groups is 2. The Labute approximate surface area is 297 Å². The molecule has 0 saturated heterocycles. The summed E-state index contributed by atoms with van der Waals surface area (Å²) in [6, 6.07) is 10.8. The molecule has 2 heterocycles. The van der Waals surface area contributed by atoms with Crippen molar-refractivity contribution < 1.29 is 32.3 Å². The number of amides is 1. The molecule has 0 aromatic heterocycles. The molecular weight excluding hydrogens is 682 g/mol. The number of aliphatic carboxylic acids is 1. The Morgan fingerprint density at radius 3 is 2.57 bits per heavy atom. The highest BCUT2D eigenvalue weighted by atomic mass is 35.5. The standard InChI is InChI=1S/C36H50ClN3O7SSi/c1-36(2,3)49(4,5)47-32-11-7-9-19-40(23-34(41)42)48(44,45)38-35(43)26-14-17-33-31(21-26)39(22-27-13-16-30(27)32)18-8-6-10-25-20-29(37)15-12-28(25)24-46-33/h7,11-12,14-15,17,20-21,27,30,32H,6,8-10,13,16,18-19,22-24H2,1-5H3,(H,38,43)(H,41,42)/b11-7+/t27-,30+,32?/m0/s1. The summed E-state index contributed by atoms with van der Waals surface area (Å²) in [5.74, 6) is -0.978. The highest BCUT2D eigenvalue weighted by molar-refractivity contribution is 7.87. The van der Waals surface area contributed by atoms with E-state index in [0.717, 1.165) is 66.3 Å². The molecule has 2 aliphatic heterocycles. The van der Waals surface area contributed by atoms with Crippen LogP contribution in [0.1, 0.15) is 74.4 Å². The first kappa shape index (κ1) is 37.4. The number of aryl methyl sites for hydroxylation is 1. The minimum atomic E-state index is -4.47. The van der Waals surface area contributed by atoms with Crippen molar-refractivity contribution in [2.24, 2.45) is 11.8 Å². The average Bonchev–Trinajstić information content (AvgIpc) is 3.02. The number of hydrogen-bond acceptors (Lipinski definition) is 7. The van der Waals surface area contributed by atoms with E-state index in [1.807, 2.05) is 24.3 Å². The Hall–Kier alpha value is -2.90. The molecule has 1 amide bonds. The molecule has 13 heteroatoms. The predicted molar refractivity (Wildman–Crippen MR) is 195 cm³/mol. The number of ether oxygens (including phenoxy) is 1. The van der Waals surface area contributed by atoms with Crippen LogP contribution >= 0.6 is 11.6 Å². The number of hydrogen-bond donors (Lipinski definition) is 2. The number of benzene rings is 2. The lowest BCUT2D eigenvalue weighted by Crippen LogP contribution is -2.50. The molecule has 1 aliphatic carbocycles. The maximum Gasteiger partial charge on any atom is 0.318 e. The molecule has 10 nitrogen and oxygen atoms in total. The van der Waals surface area contributed by atoms with Gasteiger partial charge in [0.25, 0.3) is 5.91 Å². The number of carbonyl (C=O) groups excluding carboxylic acids is 1. The second kappa shape index (κ2) is 15.1. The second-order valence-electron chi connectivity index (χ2n) is 15.0. The average molecular weight is 732 g/mol. The van der Waals surface area contributed by atoms with Crippen LogP contribution in [0.25, 0.3) is 0 Å². The lowest BCUT2D eigenvalue weighted by molar-refractivity contribution is -0.137. The lowest BCUT2D eigenvalue weighted by Gasteiger charge is -2.47. The van der Waals surface area contributed by atoms with Crippen LogP contribution in [0.3, 0.4) is 0 Å². The SMILES string of the molecule is CC(C)(C)[Si](C)(C)OC1/C=C/CCN(CC(=O)O)S(=O)(=O)NC(=O)c2ccc3c(c2)N(CCCCc2cc(Cl)ccc2CO3)C[C@@H]2CC[C@@H]12. The van der Waals surface area contributed by atoms with Crippen molar-refractivity contribution in [2.75, 3.05) is 31.1 Å². The van der Waals surface area contributed by atoms with Crippen molar-refractivity contribution >= 4 is 47.7 Å². The summed E-state index contributed by atoms with van der Waals surface area (Å²) >= 11 is 6.35. The van der Waals surface area contributed by atoms with E-state index in [9.17, 15) is 23.1 Å². The Kier molecular flexibility index (Phi) is 11.5. The summed E-state index contributed by atoms with van der Waals surface area (Å²) in [7, 11) is -6.66. The van der Waals surface area contributed by atoms with Gasteiger partial charge in [0.1, 0.15) is 18.9 Å². The summed E-state index contributed by atoms with van der Waals surface area (Å²) in [5.41, 5.74) is 3.06. The third kappa shape index (κ3) is 9.07. The fourth-order valence-corrected chi connectivity index (χ4v) is 9.12. The van der Waals surface area contributed by atoms with Crippen molar-refractivity contribution in [1.29, 1.82) is 0 Å². The monoisotopic (exact) mass is 731 g/mol. The molecule has 0 radical (unpaired) electrons. The van der Waals surface area contributed by atoms with E-state index in [-0.39, 0.29) is 35.6 Å². The summed E-state index contributed by atoms with van der Waals surface area (Å²) in [6.45, 7) is 12.0. The molecule has 0 spiro atoms. The van der Waals surface area contributed by atoms with Crippen molar-refractivity contribution in [3.05, 3.63) is 70.3 Å². The van der Waals surface area contributed by atoms with E-state index in [0.29, 0.717) is 23.3 Å². The van der Waals surface area contributed by atoms with E-state index in [1.165, 1.54) is 0 Å². The van der Waals surface area contributed by atoms with Crippen molar-refractivity contribution in [3.63, 3.8) is 0 Å². The predicted octanol–water partition coefficient (Wildman–Crippen LogP) is 6.80. The minimum absolute atomic E-state index is 0.00724. The van der Waals surface area contributed by atoms with Gasteiger partial charge in [0, 0.05) is 30.2 Å².